The van der Waals surface area contributed by atoms with Gasteiger partial charge in [-0.05, 0) is 12.1 Å². The van der Waals surface area contributed by atoms with E-state index < -0.39 is 11.6 Å². The van der Waals surface area contributed by atoms with Crippen molar-refractivity contribution >= 4 is 11.0 Å². The molecule has 2 N–H and O–H groups in total. The molecule has 1 aliphatic heterocycles. The Morgan fingerprint density at radius 3 is 2.78 bits per heavy atom. The number of hydrogen-bond acceptors (Lipinski definition) is 3. The Morgan fingerprint density at radius 2 is 2.00 bits per heavy atom. The summed E-state index contributed by atoms with van der Waals surface area (Å²) in [6, 6.07) is 2.63. The van der Waals surface area contributed by atoms with Gasteiger partial charge in [-0.25, -0.2) is 13.8 Å². The average Bonchev–Trinajstić information content (AvgIpc) is 2.79. The highest BCUT2D eigenvalue weighted by atomic mass is 19.2. The van der Waals surface area contributed by atoms with Gasteiger partial charge in [0.25, 0.3) is 0 Å². The second-order valence-corrected chi connectivity index (χ2v) is 4.47. The third kappa shape index (κ3) is 2.09. The fourth-order valence-corrected chi connectivity index (χ4v) is 2.22. The van der Waals surface area contributed by atoms with Gasteiger partial charge in [0, 0.05) is 26.2 Å². The van der Waals surface area contributed by atoms with E-state index in [1.165, 1.54) is 6.07 Å². The molecule has 1 aromatic heterocycles. The molecule has 0 amide bonds. The molecule has 4 nitrogen and oxygen atoms in total. The minimum Gasteiger partial charge on any atom is -0.341 e. The molecular weight excluding hydrogens is 238 g/mol. The first-order valence-corrected chi connectivity index (χ1v) is 6.00. The van der Waals surface area contributed by atoms with Crippen molar-refractivity contribution < 1.29 is 8.78 Å². The van der Waals surface area contributed by atoms with Crippen LogP contribution in [0, 0.1) is 11.6 Å². The van der Waals surface area contributed by atoms with Crippen molar-refractivity contribution in [1.29, 1.82) is 0 Å². The van der Waals surface area contributed by atoms with Gasteiger partial charge in [-0.3, -0.25) is 4.90 Å². The van der Waals surface area contributed by atoms with E-state index in [0.29, 0.717) is 17.9 Å². The van der Waals surface area contributed by atoms with Crippen molar-refractivity contribution in [3.8, 4) is 0 Å². The molecule has 0 aliphatic carbocycles. The second kappa shape index (κ2) is 4.62. The number of hydrogen-bond donors (Lipinski definition) is 2. The highest BCUT2D eigenvalue weighted by Crippen LogP contribution is 2.18. The topological polar surface area (TPSA) is 44.0 Å². The van der Waals surface area contributed by atoms with Crippen molar-refractivity contribution in [3.05, 3.63) is 29.6 Å². The fourth-order valence-electron chi connectivity index (χ4n) is 2.22. The summed E-state index contributed by atoms with van der Waals surface area (Å²) in [4.78, 5) is 9.39. The molecular formula is C12H14F2N4. The summed E-state index contributed by atoms with van der Waals surface area (Å²) in [7, 11) is 0. The van der Waals surface area contributed by atoms with Gasteiger partial charge in [-0.15, -0.1) is 0 Å². The Bertz CT molecular complexity index is 560. The van der Waals surface area contributed by atoms with E-state index in [2.05, 4.69) is 20.2 Å². The maximum Gasteiger partial charge on any atom is 0.186 e. The predicted molar refractivity (Wildman–Crippen MR) is 64.2 cm³/mol. The van der Waals surface area contributed by atoms with Gasteiger partial charge in [0.2, 0.25) is 0 Å². The number of aromatic nitrogens is 2. The lowest BCUT2D eigenvalue weighted by Gasteiger charge is -2.26. The summed E-state index contributed by atoms with van der Waals surface area (Å²) in [6.07, 6.45) is 0. The number of H-pyrrole nitrogens is 1. The van der Waals surface area contributed by atoms with Gasteiger partial charge in [-0.1, -0.05) is 0 Å². The van der Waals surface area contributed by atoms with E-state index in [9.17, 15) is 8.78 Å². The van der Waals surface area contributed by atoms with Crippen molar-refractivity contribution in [1.82, 2.24) is 20.2 Å². The predicted octanol–water partition coefficient (Wildman–Crippen LogP) is 1.25. The molecule has 0 radical (unpaired) electrons. The van der Waals surface area contributed by atoms with Gasteiger partial charge < -0.3 is 10.3 Å². The standard InChI is InChI=1S/C12H14F2N4/c13-8-1-2-9-12(11(8)14)17-10(16-9)7-18-5-3-15-4-6-18/h1-2,15H,3-7H2,(H,16,17). The summed E-state index contributed by atoms with van der Waals surface area (Å²) in [5.74, 6) is -1.06. The molecule has 1 fully saturated rings. The normalized spacial score (nSPS) is 17.4. The molecule has 0 unspecified atom stereocenters. The number of benzene rings is 1. The molecule has 2 aromatic rings. The van der Waals surface area contributed by atoms with E-state index in [0.717, 1.165) is 32.2 Å². The summed E-state index contributed by atoms with van der Waals surface area (Å²) in [6.45, 7) is 4.41. The van der Waals surface area contributed by atoms with Crippen LogP contribution >= 0.6 is 0 Å². The highest BCUT2D eigenvalue weighted by molar-refractivity contribution is 5.75. The summed E-state index contributed by atoms with van der Waals surface area (Å²) < 4.78 is 26.6. The number of rotatable bonds is 2. The smallest absolute Gasteiger partial charge is 0.186 e. The Morgan fingerprint density at radius 1 is 1.22 bits per heavy atom. The maximum absolute atomic E-state index is 13.5. The number of fused-ring (bicyclic) bond motifs is 1. The number of nitrogens with one attached hydrogen (secondary N) is 2. The Labute approximate surface area is 103 Å². The van der Waals surface area contributed by atoms with Crippen molar-refractivity contribution in [2.75, 3.05) is 26.2 Å². The van der Waals surface area contributed by atoms with Gasteiger partial charge in [-0.2, -0.15) is 0 Å². The van der Waals surface area contributed by atoms with E-state index >= 15 is 0 Å². The Hall–Kier alpha value is -1.53. The fraction of sp³-hybridized carbons (Fsp3) is 0.417. The molecule has 6 heteroatoms. The molecule has 18 heavy (non-hydrogen) atoms. The van der Waals surface area contributed by atoms with Crippen LogP contribution in [0.5, 0.6) is 0 Å². The number of imidazole rings is 1. The molecule has 0 spiro atoms. The van der Waals surface area contributed by atoms with E-state index in [-0.39, 0.29) is 5.52 Å². The Kier molecular flexibility index (Phi) is 2.97. The van der Waals surface area contributed by atoms with Crippen LogP contribution in [-0.4, -0.2) is 41.0 Å². The maximum atomic E-state index is 13.5. The van der Waals surface area contributed by atoms with E-state index in [1.807, 2.05) is 0 Å². The van der Waals surface area contributed by atoms with E-state index in [4.69, 9.17) is 0 Å². The van der Waals surface area contributed by atoms with Crippen LogP contribution in [-0.2, 0) is 6.54 Å². The zero-order valence-electron chi connectivity index (χ0n) is 9.84. The van der Waals surface area contributed by atoms with Crippen molar-refractivity contribution in [2.45, 2.75) is 6.54 Å². The molecule has 0 atom stereocenters. The van der Waals surface area contributed by atoms with Crippen molar-refractivity contribution in [3.63, 3.8) is 0 Å². The molecule has 0 bridgehead atoms. The van der Waals surface area contributed by atoms with E-state index in [1.54, 1.807) is 0 Å². The van der Waals surface area contributed by atoms with Gasteiger partial charge in [0.05, 0.1) is 12.1 Å². The van der Waals surface area contributed by atoms with Gasteiger partial charge in [0.1, 0.15) is 11.3 Å². The third-order valence-corrected chi connectivity index (χ3v) is 3.18. The minimum absolute atomic E-state index is 0.0835. The molecule has 1 aliphatic rings. The first kappa shape index (κ1) is 11.6. The second-order valence-electron chi connectivity index (χ2n) is 4.47. The van der Waals surface area contributed by atoms with Crippen molar-refractivity contribution in [2.24, 2.45) is 0 Å². The summed E-state index contributed by atoms with van der Waals surface area (Å²) >= 11 is 0. The van der Waals surface area contributed by atoms with Crippen LogP contribution in [0.4, 0.5) is 8.78 Å². The molecule has 2 heterocycles. The van der Waals surface area contributed by atoms with Crippen LogP contribution in [0.15, 0.2) is 12.1 Å². The van der Waals surface area contributed by atoms with Gasteiger partial charge in [0.15, 0.2) is 11.6 Å². The lowest BCUT2D eigenvalue weighted by Crippen LogP contribution is -2.43. The third-order valence-electron chi connectivity index (χ3n) is 3.18. The number of nitrogens with zero attached hydrogens (tertiary/aromatic N) is 2. The summed E-state index contributed by atoms with van der Waals surface area (Å²) in [5.41, 5.74) is 0.624. The lowest BCUT2D eigenvalue weighted by atomic mass is 10.3. The molecule has 96 valence electrons. The quantitative estimate of drug-likeness (QED) is 0.845. The number of aromatic amines is 1. The monoisotopic (exact) mass is 252 g/mol. The lowest BCUT2D eigenvalue weighted by molar-refractivity contribution is 0.229. The minimum atomic E-state index is -0.879. The van der Waals surface area contributed by atoms with Crippen LogP contribution in [0.2, 0.25) is 0 Å². The first-order valence-electron chi connectivity index (χ1n) is 6.00. The zero-order chi connectivity index (χ0) is 12.5. The number of piperazine rings is 1. The largest absolute Gasteiger partial charge is 0.341 e. The highest BCUT2D eigenvalue weighted by Gasteiger charge is 2.15. The average molecular weight is 252 g/mol. The van der Waals surface area contributed by atoms with Crippen LogP contribution in [0.3, 0.4) is 0 Å². The van der Waals surface area contributed by atoms with Crippen LogP contribution in [0.25, 0.3) is 11.0 Å². The summed E-state index contributed by atoms with van der Waals surface area (Å²) in [5, 5.41) is 3.26. The molecule has 1 aromatic carbocycles. The SMILES string of the molecule is Fc1ccc2[nH]c(CN3CCNCC3)nc2c1F. The molecule has 0 saturated carbocycles. The Balaban J connectivity index is 1.86. The van der Waals surface area contributed by atoms with Crippen LogP contribution in [0.1, 0.15) is 5.82 Å². The number of halogens is 2. The zero-order valence-corrected chi connectivity index (χ0v) is 9.84. The van der Waals surface area contributed by atoms with Gasteiger partial charge >= 0.3 is 0 Å². The molecule has 1 saturated heterocycles. The first-order chi connectivity index (χ1) is 8.74. The van der Waals surface area contributed by atoms with Crippen LogP contribution < -0.4 is 5.32 Å². The molecule has 3 rings (SSSR count).